The molecule has 1 saturated heterocycles. The maximum atomic E-state index is 11.6. The summed E-state index contributed by atoms with van der Waals surface area (Å²) in [5.41, 5.74) is 0. The average Bonchev–Trinajstić information content (AvgIpc) is 2.34. The van der Waals surface area contributed by atoms with E-state index in [9.17, 15) is 4.79 Å². The highest BCUT2D eigenvalue weighted by Crippen LogP contribution is 2.21. The Kier molecular flexibility index (Phi) is 6.88. The quantitative estimate of drug-likeness (QED) is 0.746. The van der Waals surface area contributed by atoms with Crippen LogP contribution >= 0.6 is 11.8 Å². The van der Waals surface area contributed by atoms with Gasteiger partial charge in [-0.3, -0.25) is 4.79 Å². The summed E-state index contributed by atoms with van der Waals surface area (Å²) >= 11 is 2.04. The average molecular weight is 244 g/mol. The Morgan fingerprint density at radius 3 is 2.75 bits per heavy atom. The van der Waals surface area contributed by atoms with Crippen LogP contribution in [0.1, 0.15) is 33.1 Å². The van der Waals surface area contributed by atoms with Crippen LogP contribution in [-0.2, 0) is 4.79 Å². The highest BCUT2D eigenvalue weighted by atomic mass is 32.2. The second-order valence-corrected chi connectivity index (χ2v) is 5.70. The number of nitrogens with one attached hydrogen (secondary N) is 2. The molecule has 1 heterocycles. The second kappa shape index (κ2) is 7.96. The fourth-order valence-corrected chi connectivity index (χ4v) is 2.99. The van der Waals surface area contributed by atoms with Gasteiger partial charge in [-0.2, -0.15) is 11.8 Å². The van der Waals surface area contributed by atoms with Gasteiger partial charge in [0.05, 0.1) is 6.04 Å². The topological polar surface area (TPSA) is 41.1 Å². The Bertz CT molecular complexity index is 205. The predicted molar refractivity (Wildman–Crippen MR) is 70.8 cm³/mol. The van der Waals surface area contributed by atoms with Gasteiger partial charge in [0.15, 0.2) is 0 Å². The van der Waals surface area contributed by atoms with E-state index in [-0.39, 0.29) is 11.9 Å². The van der Waals surface area contributed by atoms with Crippen molar-refractivity contribution in [3.8, 4) is 0 Å². The van der Waals surface area contributed by atoms with Crippen molar-refractivity contribution in [1.82, 2.24) is 10.6 Å². The molecular weight excluding hydrogens is 220 g/mol. The van der Waals surface area contributed by atoms with Gasteiger partial charge in [0.25, 0.3) is 0 Å². The van der Waals surface area contributed by atoms with Crippen molar-refractivity contribution in [3.05, 3.63) is 0 Å². The highest BCUT2D eigenvalue weighted by Gasteiger charge is 2.16. The molecule has 1 aliphatic rings. The zero-order valence-electron chi connectivity index (χ0n) is 10.4. The first-order chi connectivity index (χ1) is 7.74. The summed E-state index contributed by atoms with van der Waals surface area (Å²) in [5.74, 6) is 3.46. The van der Waals surface area contributed by atoms with Gasteiger partial charge in [0, 0.05) is 6.54 Å². The number of amides is 1. The van der Waals surface area contributed by atoms with Crippen LogP contribution in [0.15, 0.2) is 0 Å². The normalized spacial score (nSPS) is 19.4. The van der Waals surface area contributed by atoms with Crippen molar-refractivity contribution in [3.63, 3.8) is 0 Å². The van der Waals surface area contributed by atoms with Crippen molar-refractivity contribution in [1.29, 1.82) is 0 Å². The van der Waals surface area contributed by atoms with Crippen LogP contribution < -0.4 is 10.6 Å². The van der Waals surface area contributed by atoms with Crippen molar-refractivity contribution in [2.24, 2.45) is 5.92 Å². The lowest BCUT2D eigenvalue weighted by Gasteiger charge is -2.23. The van der Waals surface area contributed by atoms with E-state index in [4.69, 9.17) is 0 Å². The largest absolute Gasteiger partial charge is 0.355 e. The Hall–Kier alpha value is -0.220. The lowest BCUT2D eigenvalue weighted by Crippen LogP contribution is -2.44. The lowest BCUT2D eigenvalue weighted by molar-refractivity contribution is -0.122. The first-order valence-corrected chi connectivity index (χ1v) is 7.48. The first kappa shape index (κ1) is 13.8. The third-order valence-electron chi connectivity index (χ3n) is 3.00. The molecular formula is C12H24N2OS. The molecule has 1 amide bonds. The van der Waals surface area contributed by atoms with Crippen molar-refractivity contribution >= 4 is 17.7 Å². The molecule has 1 atom stereocenters. The van der Waals surface area contributed by atoms with Crippen LogP contribution in [0.3, 0.4) is 0 Å². The molecule has 0 aromatic carbocycles. The molecule has 1 rings (SSSR count). The van der Waals surface area contributed by atoms with Crippen LogP contribution in [0.2, 0.25) is 0 Å². The Morgan fingerprint density at radius 2 is 2.12 bits per heavy atom. The third kappa shape index (κ3) is 5.21. The maximum absolute atomic E-state index is 11.6. The van der Waals surface area contributed by atoms with Crippen LogP contribution in [0.5, 0.6) is 0 Å². The molecule has 16 heavy (non-hydrogen) atoms. The Morgan fingerprint density at radius 1 is 1.44 bits per heavy atom. The lowest BCUT2D eigenvalue weighted by atomic mass is 10.0. The predicted octanol–water partition coefficient (Wildman–Crippen LogP) is 1.63. The second-order valence-electron chi connectivity index (χ2n) is 4.48. The summed E-state index contributed by atoms with van der Waals surface area (Å²) in [6.45, 7) is 5.78. The van der Waals surface area contributed by atoms with Gasteiger partial charge in [0.1, 0.15) is 0 Å². The van der Waals surface area contributed by atoms with Crippen LogP contribution in [0.25, 0.3) is 0 Å². The monoisotopic (exact) mass is 244 g/mol. The van der Waals surface area contributed by atoms with E-state index in [0.717, 1.165) is 25.4 Å². The molecule has 0 spiro atoms. The van der Waals surface area contributed by atoms with Crippen molar-refractivity contribution in [2.75, 3.05) is 24.6 Å². The fourth-order valence-electron chi connectivity index (χ4n) is 1.79. The molecule has 0 aromatic rings. The molecule has 4 heteroatoms. The SMILES string of the molecule is CCCNC(=O)C(C)NCC1CCSCC1. The summed E-state index contributed by atoms with van der Waals surface area (Å²) in [4.78, 5) is 11.6. The molecule has 0 bridgehead atoms. The smallest absolute Gasteiger partial charge is 0.236 e. The van der Waals surface area contributed by atoms with E-state index in [1.165, 1.54) is 24.3 Å². The van der Waals surface area contributed by atoms with Gasteiger partial charge >= 0.3 is 0 Å². The zero-order chi connectivity index (χ0) is 11.8. The molecule has 1 unspecified atom stereocenters. The third-order valence-corrected chi connectivity index (χ3v) is 4.04. The van der Waals surface area contributed by atoms with Crippen LogP contribution in [0.4, 0.5) is 0 Å². The maximum Gasteiger partial charge on any atom is 0.236 e. The molecule has 0 saturated carbocycles. The number of hydrogen-bond donors (Lipinski definition) is 2. The Balaban J connectivity index is 2.12. The van der Waals surface area contributed by atoms with E-state index >= 15 is 0 Å². The summed E-state index contributed by atoms with van der Waals surface area (Å²) in [6, 6.07) is -0.0545. The van der Waals surface area contributed by atoms with Crippen LogP contribution in [0, 0.1) is 5.92 Å². The Labute approximate surface area is 103 Å². The molecule has 0 aromatic heterocycles. The fraction of sp³-hybridized carbons (Fsp3) is 0.917. The number of rotatable bonds is 6. The molecule has 1 aliphatic heterocycles. The van der Waals surface area contributed by atoms with E-state index < -0.39 is 0 Å². The highest BCUT2D eigenvalue weighted by molar-refractivity contribution is 7.99. The van der Waals surface area contributed by atoms with E-state index in [1.54, 1.807) is 0 Å². The minimum absolute atomic E-state index is 0.0545. The van der Waals surface area contributed by atoms with E-state index in [1.807, 2.05) is 18.7 Å². The van der Waals surface area contributed by atoms with Gasteiger partial charge in [-0.05, 0) is 50.2 Å². The van der Waals surface area contributed by atoms with Gasteiger partial charge in [-0.25, -0.2) is 0 Å². The molecule has 3 nitrogen and oxygen atoms in total. The van der Waals surface area contributed by atoms with Crippen LogP contribution in [-0.4, -0.2) is 36.5 Å². The van der Waals surface area contributed by atoms with Crippen molar-refractivity contribution < 1.29 is 4.79 Å². The summed E-state index contributed by atoms with van der Waals surface area (Å²) < 4.78 is 0. The molecule has 1 fully saturated rings. The van der Waals surface area contributed by atoms with Crippen molar-refractivity contribution in [2.45, 2.75) is 39.2 Å². The standard InChI is InChI=1S/C12H24N2OS/c1-3-6-13-12(15)10(2)14-9-11-4-7-16-8-5-11/h10-11,14H,3-9H2,1-2H3,(H,13,15). The summed E-state index contributed by atoms with van der Waals surface area (Å²) in [6.07, 6.45) is 3.58. The number of hydrogen-bond acceptors (Lipinski definition) is 3. The van der Waals surface area contributed by atoms with E-state index in [0.29, 0.717) is 0 Å². The van der Waals surface area contributed by atoms with Gasteiger partial charge in [-0.15, -0.1) is 0 Å². The summed E-state index contributed by atoms with van der Waals surface area (Å²) in [5, 5.41) is 6.25. The van der Waals surface area contributed by atoms with Gasteiger partial charge < -0.3 is 10.6 Å². The minimum Gasteiger partial charge on any atom is -0.355 e. The van der Waals surface area contributed by atoms with Gasteiger partial charge in [-0.1, -0.05) is 6.92 Å². The summed E-state index contributed by atoms with van der Waals surface area (Å²) in [7, 11) is 0. The molecule has 0 aliphatic carbocycles. The number of carbonyl (C=O) groups is 1. The molecule has 0 radical (unpaired) electrons. The number of carbonyl (C=O) groups excluding carboxylic acids is 1. The van der Waals surface area contributed by atoms with Gasteiger partial charge in [0.2, 0.25) is 5.91 Å². The molecule has 2 N–H and O–H groups in total. The zero-order valence-corrected chi connectivity index (χ0v) is 11.2. The first-order valence-electron chi connectivity index (χ1n) is 6.33. The molecule has 94 valence electrons. The number of thioether (sulfide) groups is 1. The van der Waals surface area contributed by atoms with E-state index in [2.05, 4.69) is 17.6 Å². The minimum atomic E-state index is -0.0545.